The largest absolute Gasteiger partial charge is 0.496 e. The monoisotopic (exact) mass is 329 g/mol. The van der Waals surface area contributed by atoms with Gasteiger partial charge >= 0.3 is 0 Å². The third kappa shape index (κ3) is 2.76. The first kappa shape index (κ1) is 15.1. The van der Waals surface area contributed by atoms with E-state index in [-0.39, 0.29) is 5.91 Å². The molecule has 1 N–H and O–H groups in total. The van der Waals surface area contributed by atoms with Gasteiger partial charge in [-0.25, -0.2) is 4.98 Å². The van der Waals surface area contributed by atoms with Crippen LogP contribution in [0.5, 0.6) is 5.75 Å². The number of amides is 1. The van der Waals surface area contributed by atoms with Crippen LogP contribution < -0.4 is 10.1 Å². The SMILES string of the molecule is COc1cccc2cccc(C(=O)Nc3cc4cccnc4cn3)c12. The van der Waals surface area contributed by atoms with E-state index >= 15 is 0 Å². The van der Waals surface area contributed by atoms with E-state index in [0.717, 1.165) is 21.7 Å². The molecule has 0 spiro atoms. The molecule has 4 rings (SSSR count). The fourth-order valence-corrected chi connectivity index (χ4v) is 2.89. The number of nitrogens with one attached hydrogen (secondary N) is 1. The van der Waals surface area contributed by atoms with Gasteiger partial charge in [0.05, 0.1) is 24.4 Å². The Kier molecular flexibility index (Phi) is 3.74. The number of hydrogen-bond donors (Lipinski definition) is 1. The number of anilines is 1. The Morgan fingerprint density at radius 2 is 1.80 bits per heavy atom. The van der Waals surface area contributed by atoms with Crippen LogP contribution in [0.1, 0.15) is 10.4 Å². The van der Waals surface area contributed by atoms with Crippen LogP contribution >= 0.6 is 0 Å². The molecule has 0 fully saturated rings. The lowest BCUT2D eigenvalue weighted by molar-refractivity contribution is 0.102. The van der Waals surface area contributed by atoms with Crippen LogP contribution in [-0.4, -0.2) is 23.0 Å². The molecule has 0 bridgehead atoms. The quantitative estimate of drug-likeness (QED) is 0.616. The molecule has 2 aromatic carbocycles. The van der Waals surface area contributed by atoms with E-state index in [2.05, 4.69) is 15.3 Å². The van der Waals surface area contributed by atoms with Crippen molar-refractivity contribution in [3.05, 3.63) is 72.6 Å². The molecule has 2 heterocycles. The number of ether oxygens (including phenoxy) is 1. The topological polar surface area (TPSA) is 64.1 Å². The second-order valence-electron chi connectivity index (χ2n) is 5.58. The second-order valence-corrected chi connectivity index (χ2v) is 5.58. The van der Waals surface area contributed by atoms with E-state index in [1.54, 1.807) is 25.6 Å². The second kappa shape index (κ2) is 6.20. The molecular weight excluding hydrogens is 314 g/mol. The number of hydrogen-bond acceptors (Lipinski definition) is 4. The highest BCUT2D eigenvalue weighted by molar-refractivity contribution is 6.14. The zero-order valence-electron chi connectivity index (χ0n) is 13.6. The van der Waals surface area contributed by atoms with Crippen LogP contribution in [-0.2, 0) is 0 Å². The van der Waals surface area contributed by atoms with E-state index in [4.69, 9.17) is 4.74 Å². The maximum atomic E-state index is 12.8. The van der Waals surface area contributed by atoms with Gasteiger partial charge in [0.1, 0.15) is 11.6 Å². The van der Waals surface area contributed by atoms with Gasteiger partial charge < -0.3 is 10.1 Å². The highest BCUT2D eigenvalue weighted by Crippen LogP contribution is 2.29. The summed E-state index contributed by atoms with van der Waals surface area (Å²) in [6.45, 7) is 0. The minimum atomic E-state index is -0.231. The van der Waals surface area contributed by atoms with Crippen molar-refractivity contribution < 1.29 is 9.53 Å². The normalized spacial score (nSPS) is 10.8. The van der Waals surface area contributed by atoms with Crippen LogP contribution in [0.2, 0.25) is 0 Å². The number of benzene rings is 2. The number of aromatic nitrogens is 2. The Labute approximate surface area is 144 Å². The van der Waals surface area contributed by atoms with Gasteiger partial charge in [0.2, 0.25) is 0 Å². The van der Waals surface area contributed by atoms with Crippen LogP contribution in [0.25, 0.3) is 21.7 Å². The van der Waals surface area contributed by atoms with Crippen molar-refractivity contribution in [2.75, 3.05) is 12.4 Å². The first-order valence-electron chi connectivity index (χ1n) is 7.84. The molecule has 25 heavy (non-hydrogen) atoms. The van der Waals surface area contributed by atoms with Crippen LogP contribution in [0.4, 0.5) is 5.82 Å². The average molecular weight is 329 g/mol. The van der Waals surface area contributed by atoms with E-state index in [9.17, 15) is 4.79 Å². The Morgan fingerprint density at radius 1 is 1.00 bits per heavy atom. The summed E-state index contributed by atoms with van der Waals surface area (Å²) in [6, 6.07) is 16.9. The minimum Gasteiger partial charge on any atom is -0.496 e. The lowest BCUT2D eigenvalue weighted by atomic mass is 10.0. The van der Waals surface area contributed by atoms with Gasteiger partial charge in [0.15, 0.2) is 0 Å². The number of rotatable bonds is 3. The average Bonchev–Trinajstić information content (AvgIpc) is 2.66. The van der Waals surface area contributed by atoms with Crippen molar-refractivity contribution in [2.45, 2.75) is 0 Å². The molecule has 0 saturated heterocycles. The first-order chi connectivity index (χ1) is 12.3. The summed E-state index contributed by atoms with van der Waals surface area (Å²) in [7, 11) is 1.60. The molecule has 2 aromatic heterocycles. The summed E-state index contributed by atoms with van der Waals surface area (Å²) >= 11 is 0. The van der Waals surface area contributed by atoms with Crippen molar-refractivity contribution in [2.24, 2.45) is 0 Å². The van der Waals surface area contributed by atoms with Gasteiger partial charge in [-0.15, -0.1) is 0 Å². The fourth-order valence-electron chi connectivity index (χ4n) is 2.89. The van der Waals surface area contributed by atoms with Gasteiger partial charge in [-0.1, -0.05) is 30.3 Å². The van der Waals surface area contributed by atoms with Crippen molar-refractivity contribution in [1.29, 1.82) is 0 Å². The van der Waals surface area contributed by atoms with Crippen LogP contribution in [0.3, 0.4) is 0 Å². The predicted octanol–water partition coefficient (Wildman–Crippen LogP) is 4.04. The highest BCUT2D eigenvalue weighted by atomic mass is 16.5. The van der Waals surface area contributed by atoms with Crippen LogP contribution in [0.15, 0.2) is 67.0 Å². The van der Waals surface area contributed by atoms with Gasteiger partial charge in [-0.05, 0) is 29.7 Å². The number of methoxy groups -OCH3 is 1. The Balaban J connectivity index is 1.74. The number of carbonyl (C=O) groups excluding carboxylic acids is 1. The Morgan fingerprint density at radius 3 is 2.64 bits per heavy atom. The molecule has 4 aromatic rings. The van der Waals surface area contributed by atoms with E-state index in [1.165, 1.54) is 0 Å². The predicted molar refractivity (Wildman–Crippen MR) is 98.0 cm³/mol. The van der Waals surface area contributed by atoms with E-state index in [1.807, 2.05) is 48.5 Å². The molecule has 0 radical (unpaired) electrons. The Hall–Kier alpha value is -3.47. The molecule has 1 amide bonds. The van der Waals surface area contributed by atoms with Crippen molar-refractivity contribution >= 4 is 33.4 Å². The standard InChI is InChI=1S/C20H15N3O2/c1-25-17-9-3-6-13-5-2-8-15(19(13)17)20(24)23-18-11-14-7-4-10-21-16(14)12-22-18/h2-12H,1H3,(H,22,23,24). The number of nitrogens with zero attached hydrogens (tertiary/aromatic N) is 2. The summed E-state index contributed by atoms with van der Waals surface area (Å²) in [5, 5.41) is 5.51. The van der Waals surface area contributed by atoms with E-state index < -0.39 is 0 Å². The third-order valence-corrected chi connectivity index (χ3v) is 4.06. The molecule has 0 atom stereocenters. The Bertz CT molecular complexity index is 1090. The maximum absolute atomic E-state index is 12.8. The van der Waals surface area contributed by atoms with Gasteiger partial charge in [-0.2, -0.15) is 0 Å². The van der Waals surface area contributed by atoms with Crippen LogP contribution in [0, 0.1) is 0 Å². The summed E-state index contributed by atoms with van der Waals surface area (Å²) in [5.74, 6) is 0.919. The molecule has 0 aliphatic heterocycles. The zero-order valence-corrected chi connectivity index (χ0v) is 13.6. The van der Waals surface area contributed by atoms with Gasteiger partial charge in [0, 0.05) is 17.0 Å². The summed E-state index contributed by atoms with van der Waals surface area (Å²) in [4.78, 5) is 21.3. The molecule has 122 valence electrons. The maximum Gasteiger partial charge on any atom is 0.257 e. The molecule has 0 saturated carbocycles. The number of fused-ring (bicyclic) bond motifs is 2. The lowest BCUT2D eigenvalue weighted by Gasteiger charge is -2.11. The molecule has 5 heteroatoms. The summed E-state index contributed by atoms with van der Waals surface area (Å²) < 4.78 is 5.42. The number of pyridine rings is 2. The number of carbonyl (C=O) groups is 1. The van der Waals surface area contributed by atoms with Gasteiger partial charge in [0.25, 0.3) is 5.91 Å². The van der Waals surface area contributed by atoms with Crippen molar-refractivity contribution in [3.63, 3.8) is 0 Å². The van der Waals surface area contributed by atoms with Gasteiger partial charge in [-0.3, -0.25) is 9.78 Å². The minimum absolute atomic E-state index is 0.231. The zero-order chi connectivity index (χ0) is 17.2. The molecule has 0 aliphatic carbocycles. The molecule has 0 unspecified atom stereocenters. The summed E-state index contributed by atoms with van der Waals surface area (Å²) in [5.41, 5.74) is 1.33. The first-order valence-corrected chi connectivity index (χ1v) is 7.84. The lowest BCUT2D eigenvalue weighted by Crippen LogP contribution is -2.13. The third-order valence-electron chi connectivity index (χ3n) is 4.06. The smallest absolute Gasteiger partial charge is 0.257 e. The molecule has 5 nitrogen and oxygen atoms in total. The highest BCUT2D eigenvalue weighted by Gasteiger charge is 2.14. The molecule has 0 aliphatic rings. The fraction of sp³-hybridized carbons (Fsp3) is 0.0500. The van der Waals surface area contributed by atoms with Crippen molar-refractivity contribution in [1.82, 2.24) is 9.97 Å². The van der Waals surface area contributed by atoms with E-state index in [0.29, 0.717) is 17.1 Å². The molecular formula is C20H15N3O2. The summed E-state index contributed by atoms with van der Waals surface area (Å²) in [6.07, 6.45) is 3.36. The van der Waals surface area contributed by atoms with Crippen molar-refractivity contribution in [3.8, 4) is 5.75 Å².